The zero-order chi connectivity index (χ0) is 13.1. The molecule has 0 radical (unpaired) electrons. The van der Waals surface area contributed by atoms with E-state index in [1.165, 1.54) is 0 Å². The van der Waals surface area contributed by atoms with Crippen molar-refractivity contribution in [3.8, 4) is 0 Å². The zero-order valence-electron chi connectivity index (χ0n) is 10.5. The van der Waals surface area contributed by atoms with Gasteiger partial charge in [0.25, 0.3) is 0 Å². The summed E-state index contributed by atoms with van der Waals surface area (Å²) in [5, 5.41) is 8.77. The summed E-state index contributed by atoms with van der Waals surface area (Å²) in [6.07, 6.45) is 0.255. The molecule has 0 saturated heterocycles. The summed E-state index contributed by atoms with van der Waals surface area (Å²) >= 11 is 0. The zero-order valence-corrected chi connectivity index (χ0v) is 10.5. The van der Waals surface area contributed by atoms with Crippen LogP contribution in [0.5, 0.6) is 0 Å². The maximum absolute atomic E-state index is 13.1. The van der Waals surface area contributed by atoms with Gasteiger partial charge in [0.05, 0.1) is 0 Å². The summed E-state index contributed by atoms with van der Waals surface area (Å²) in [4.78, 5) is 13.7. The first kappa shape index (κ1) is 14.4. The molecule has 17 heavy (non-hydrogen) atoms. The van der Waals surface area contributed by atoms with E-state index in [1.807, 2.05) is 13.8 Å². The third kappa shape index (κ3) is 3.91. The van der Waals surface area contributed by atoms with Crippen LogP contribution in [-0.2, 0) is 4.79 Å². The molecule has 5 heteroatoms. The van der Waals surface area contributed by atoms with Gasteiger partial charge in [-0.15, -0.1) is 0 Å². The molecule has 0 aromatic heterocycles. The highest BCUT2D eigenvalue weighted by atomic mass is 19.3. The molecule has 0 spiro atoms. The van der Waals surface area contributed by atoms with Crippen molar-refractivity contribution in [2.24, 2.45) is 5.92 Å². The summed E-state index contributed by atoms with van der Waals surface area (Å²) in [7, 11) is 0. The smallest absolute Gasteiger partial charge is 0.248 e. The summed E-state index contributed by atoms with van der Waals surface area (Å²) in [5.41, 5.74) is 0. The minimum absolute atomic E-state index is 0.0109. The SMILES string of the molecule is CC(C)N(CCCO)C(=O)C1CCC(F)(F)C1. The number of amides is 1. The largest absolute Gasteiger partial charge is 0.396 e. The van der Waals surface area contributed by atoms with Gasteiger partial charge < -0.3 is 10.0 Å². The van der Waals surface area contributed by atoms with Crippen molar-refractivity contribution in [3.05, 3.63) is 0 Å². The minimum atomic E-state index is -2.68. The fraction of sp³-hybridized carbons (Fsp3) is 0.917. The van der Waals surface area contributed by atoms with Gasteiger partial charge in [-0.1, -0.05) is 0 Å². The van der Waals surface area contributed by atoms with Gasteiger partial charge in [0.2, 0.25) is 11.8 Å². The number of hydrogen-bond acceptors (Lipinski definition) is 2. The van der Waals surface area contributed by atoms with E-state index in [0.29, 0.717) is 13.0 Å². The number of hydrogen-bond donors (Lipinski definition) is 1. The van der Waals surface area contributed by atoms with Crippen LogP contribution in [0, 0.1) is 5.92 Å². The summed E-state index contributed by atoms with van der Waals surface area (Å²) < 4.78 is 26.1. The first-order chi connectivity index (χ1) is 7.87. The lowest BCUT2D eigenvalue weighted by Gasteiger charge is -2.29. The van der Waals surface area contributed by atoms with Gasteiger partial charge in [0.15, 0.2) is 0 Å². The first-order valence-electron chi connectivity index (χ1n) is 6.16. The van der Waals surface area contributed by atoms with Crippen LogP contribution in [0.2, 0.25) is 0 Å². The van der Waals surface area contributed by atoms with Gasteiger partial charge in [-0.2, -0.15) is 0 Å². The van der Waals surface area contributed by atoms with Gasteiger partial charge >= 0.3 is 0 Å². The van der Waals surface area contributed by atoms with Gasteiger partial charge in [-0.05, 0) is 26.7 Å². The lowest BCUT2D eigenvalue weighted by molar-refractivity contribution is -0.138. The van der Waals surface area contributed by atoms with Crippen LogP contribution < -0.4 is 0 Å². The molecule has 0 aromatic carbocycles. The molecule has 1 amide bonds. The number of halogens is 2. The Hall–Kier alpha value is -0.710. The molecule has 100 valence electrons. The summed E-state index contributed by atoms with van der Waals surface area (Å²) in [5.74, 6) is -3.42. The third-order valence-electron chi connectivity index (χ3n) is 3.22. The van der Waals surface area contributed by atoms with Crippen LogP contribution in [-0.4, -0.2) is 41.0 Å². The van der Waals surface area contributed by atoms with Crippen LogP contribution in [0.4, 0.5) is 8.78 Å². The second kappa shape index (κ2) is 5.76. The standard InChI is InChI=1S/C12H21F2NO2/c1-9(2)15(6-3-7-16)11(17)10-4-5-12(13,14)8-10/h9-10,16H,3-8H2,1-2H3. The van der Waals surface area contributed by atoms with Crippen LogP contribution >= 0.6 is 0 Å². The summed E-state index contributed by atoms with van der Waals surface area (Å²) in [6.45, 7) is 4.18. The van der Waals surface area contributed by atoms with Crippen molar-refractivity contribution in [2.45, 2.75) is 51.5 Å². The Morgan fingerprint density at radius 2 is 2.18 bits per heavy atom. The van der Waals surface area contributed by atoms with Crippen LogP contribution in [0.1, 0.15) is 39.5 Å². The molecular weight excluding hydrogens is 228 g/mol. The maximum Gasteiger partial charge on any atom is 0.248 e. The predicted molar refractivity (Wildman–Crippen MR) is 60.8 cm³/mol. The van der Waals surface area contributed by atoms with Gasteiger partial charge in [-0.3, -0.25) is 4.79 Å². The van der Waals surface area contributed by atoms with E-state index in [9.17, 15) is 13.6 Å². The predicted octanol–water partition coefficient (Wildman–Crippen LogP) is 2.04. The highest BCUT2D eigenvalue weighted by Crippen LogP contribution is 2.39. The van der Waals surface area contributed by atoms with Crippen molar-refractivity contribution in [3.63, 3.8) is 0 Å². The molecule has 0 aliphatic heterocycles. The lowest BCUT2D eigenvalue weighted by atomic mass is 10.1. The highest BCUT2D eigenvalue weighted by molar-refractivity contribution is 5.79. The van der Waals surface area contributed by atoms with Gasteiger partial charge in [0.1, 0.15) is 0 Å². The van der Waals surface area contributed by atoms with E-state index < -0.39 is 11.8 Å². The number of aliphatic hydroxyl groups excluding tert-OH is 1. The molecule has 1 N–H and O–H groups in total. The van der Waals surface area contributed by atoms with Crippen molar-refractivity contribution < 1.29 is 18.7 Å². The van der Waals surface area contributed by atoms with E-state index >= 15 is 0 Å². The van der Waals surface area contributed by atoms with Gasteiger partial charge in [-0.25, -0.2) is 8.78 Å². The third-order valence-corrected chi connectivity index (χ3v) is 3.22. The number of rotatable bonds is 5. The van der Waals surface area contributed by atoms with Crippen molar-refractivity contribution in [1.29, 1.82) is 0 Å². The molecule has 0 bridgehead atoms. The van der Waals surface area contributed by atoms with Crippen molar-refractivity contribution in [2.75, 3.05) is 13.2 Å². The average Bonchev–Trinajstić information content (AvgIpc) is 2.58. The molecule has 1 atom stereocenters. The van der Waals surface area contributed by atoms with Crippen LogP contribution in [0.25, 0.3) is 0 Å². The molecule has 1 fully saturated rings. The monoisotopic (exact) mass is 249 g/mol. The average molecular weight is 249 g/mol. The lowest BCUT2D eigenvalue weighted by Crippen LogP contribution is -2.41. The Kier molecular flexibility index (Phi) is 4.86. The quantitative estimate of drug-likeness (QED) is 0.810. The van der Waals surface area contributed by atoms with E-state index in [4.69, 9.17) is 5.11 Å². The van der Waals surface area contributed by atoms with Gasteiger partial charge in [0, 0.05) is 38.0 Å². The molecular formula is C12H21F2NO2. The molecule has 1 unspecified atom stereocenters. The first-order valence-corrected chi connectivity index (χ1v) is 6.16. The molecule has 1 aliphatic carbocycles. The Bertz CT molecular complexity index is 269. The number of nitrogens with zero attached hydrogens (tertiary/aromatic N) is 1. The maximum atomic E-state index is 13.1. The van der Waals surface area contributed by atoms with Crippen LogP contribution in [0.15, 0.2) is 0 Å². The fourth-order valence-corrected chi connectivity index (χ4v) is 2.26. The van der Waals surface area contributed by atoms with Crippen molar-refractivity contribution >= 4 is 5.91 Å². The molecule has 0 aromatic rings. The Labute approximate surface area is 101 Å². The second-order valence-electron chi connectivity index (χ2n) is 5.00. The molecule has 3 nitrogen and oxygen atoms in total. The van der Waals surface area contributed by atoms with E-state index in [2.05, 4.69) is 0 Å². The minimum Gasteiger partial charge on any atom is -0.396 e. The van der Waals surface area contributed by atoms with E-state index in [-0.39, 0.29) is 37.8 Å². The number of alkyl halides is 2. The Morgan fingerprint density at radius 1 is 1.53 bits per heavy atom. The Morgan fingerprint density at radius 3 is 2.59 bits per heavy atom. The Balaban J connectivity index is 2.59. The number of aliphatic hydroxyl groups is 1. The topological polar surface area (TPSA) is 40.5 Å². The van der Waals surface area contributed by atoms with E-state index in [0.717, 1.165) is 0 Å². The highest BCUT2D eigenvalue weighted by Gasteiger charge is 2.43. The normalized spacial score (nSPS) is 23.1. The molecule has 0 heterocycles. The van der Waals surface area contributed by atoms with Crippen LogP contribution in [0.3, 0.4) is 0 Å². The molecule has 1 saturated carbocycles. The van der Waals surface area contributed by atoms with Crippen molar-refractivity contribution in [1.82, 2.24) is 4.90 Å². The second-order valence-corrected chi connectivity index (χ2v) is 5.00. The molecule has 1 aliphatic rings. The number of carbonyl (C=O) groups excluding carboxylic acids is 1. The number of carbonyl (C=O) groups is 1. The fourth-order valence-electron chi connectivity index (χ4n) is 2.26. The summed E-state index contributed by atoms with van der Waals surface area (Å²) in [6, 6.07) is -0.0109. The van der Waals surface area contributed by atoms with E-state index in [1.54, 1.807) is 4.90 Å². The molecule has 1 rings (SSSR count).